The molecule has 1 aliphatic rings. The molecule has 1 aliphatic heterocycles. The number of amides is 1. The summed E-state index contributed by atoms with van der Waals surface area (Å²) in [6, 6.07) is 4.52. The summed E-state index contributed by atoms with van der Waals surface area (Å²) in [5, 5.41) is 24.6. The van der Waals surface area contributed by atoms with Crippen LogP contribution in [-0.2, 0) is 23.4 Å². The van der Waals surface area contributed by atoms with Gasteiger partial charge in [0.1, 0.15) is 17.7 Å². The third-order valence-electron chi connectivity index (χ3n) is 5.24. The maximum absolute atomic E-state index is 12.8. The highest BCUT2D eigenvalue weighted by Gasteiger charge is 2.48. The number of aryl methyl sites for hydroxylation is 1. The van der Waals surface area contributed by atoms with E-state index in [9.17, 15) is 23.1 Å². The summed E-state index contributed by atoms with van der Waals surface area (Å²) in [6.07, 6.45) is -2.39. The third kappa shape index (κ3) is 3.74. The van der Waals surface area contributed by atoms with Crippen LogP contribution in [0.3, 0.4) is 0 Å². The van der Waals surface area contributed by atoms with Gasteiger partial charge in [0.2, 0.25) is 11.8 Å². The fourth-order valence-corrected chi connectivity index (χ4v) is 3.42. The number of benzene rings is 1. The van der Waals surface area contributed by atoms with Crippen molar-refractivity contribution in [2.75, 3.05) is 18.6 Å². The van der Waals surface area contributed by atoms with E-state index in [0.29, 0.717) is 30.0 Å². The summed E-state index contributed by atoms with van der Waals surface area (Å²) >= 11 is 0. The fourth-order valence-electron chi connectivity index (χ4n) is 3.42. The lowest BCUT2D eigenvalue weighted by Crippen LogP contribution is -2.36. The normalized spacial score (nSPS) is 19.3. The van der Waals surface area contributed by atoms with E-state index in [2.05, 4.69) is 20.6 Å². The second-order valence-corrected chi connectivity index (χ2v) is 7.47. The van der Waals surface area contributed by atoms with Crippen LogP contribution in [0.5, 0.6) is 0 Å². The first-order valence-corrected chi connectivity index (χ1v) is 9.34. The number of carbonyl (C=O) groups excluding carboxylic acids is 1. The van der Waals surface area contributed by atoms with Crippen molar-refractivity contribution in [3.8, 4) is 11.5 Å². The quantitative estimate of drug-likeness (QED) is 0.633. The van der Waals surface area contributed by atoms with Crippen LogP contribution < -0.4 is 5.32 Å². The third-order valence-corrected chi connectivity index (χ3v) is 5.24. The summed E-state index contributed by atoms with van der Waals surface area (Å²) in [5.74, 6) is 0.221. The van der Waals surface area contributed by atoms with Crippen LogP contribution in [0.1, 0.15) is 24.8 Å². The monoisotopic (exact) mass is 436 g/mol. The first-order valence-electron chi connectivity index (χ1n) is 9.34. The Morgan fingerprint density at radius 1 is 1.26 bits per heavy atom. The van der Waals surface area contributed by atoms with Gasteiger partial charge in [-0.2, -0.15) is 18.3 Å². The molecule has 3 heterocycles. The molecule has 4 rings (SSSR count). The van der Waals surface area contributed by atoms with Crippen molar-refractivity contribution in [3.05, 3.63) is 41.9 Å². The van der Waals surface area contributed by atoms with E-state index in [1.165, 1.54) is 21.7 Å². The number of halogens is 3. The second kappa shape index (κ2) is 7.38. The Balaban J connectivity index is 1.61. The molecule has 31 heavy (non-hydrogen) atoms. The molecule has 3 aromatic rings. The van der Waals surface area contributed by atoms with Crippen molar-refractivity contribution in [1.29, 1.82) is 0 Å². The largest absolute Gasteiger partial charge is 0.419 e. The Kier molecular flexibility index (Phi) is 4.96. The van der Waals surface area contributed by atoms with Gasteiger partial charge in [0.15, 0.2) is 5.82 Å². The molecule has 0 saturated carbocycles. The zero-order valence-corrected chi connectivity index (χ0v) is 16.6. The molecule has 2 N–H and O–H groups in total. The molecule has 0 bridgehead atoms. The lowest BCUT2D eigenvalue weighted by molar-refractivity contribution is -0.137. The van der Waals surface area contributed by atoms with Crippen molar-refractivity contribution in [3.63, 3.8) is 0 Å². The van der Waals surface area contributed by atoms with E-state index in [0.717, 1.165) is 12.1 Å². The van der Waals surface area contributed by atoms with Gasteiger partial charge in [-0.15, -0.1) is 10.2 Å². The van der Waals surface area contributed by atoms with Crippen LogP contribution in [-0.4, -0.2) is 49.2 Å². The zero-order chi connectivity index (χ0) is 22.4. The van der Waals surface area contributed by atoms with E-state index in [1.54, 1.807) is 20.2 Å². The number of hydrogen-bond acceptors (Lipinski definition) is 7. The summed E-state index contributed by atoms with van der Waals surface area (Å²) < 4.78 is 45.6. The zero-order valence-electron chi connectivity index (χ0n) is 16.6. The number of aliphatic hydroxyl groups is 1. The number of aromatic nitrogens is 4. The highest BCUT2D eigenvalue weighted by atomic mass is 19.4. The van der Waals surface area contributed by atoms with Crippen molar-refractivity contribution >= 4 is 17.4 Å². The maximum atomic E-state index is 12.8. The number of anilines is 2. The first-order chi connectivity index (χ1) is 14.6. The molecular weight excluding hydrogens is 417 g/mol. The van der Waals surface area contributed by atoms with Gasteiger partial charge >= 0.3 is 6.18 Å². The molecular formula is C19H19F3N6O3. The molecule has 9 nitrogen and oxygen atoms in total. The molecule has 1 saturated heterocycles. The number of aliphatic hydroxyl groups excluding tert-OH is 1. The molecule has 0 aliphatic carbocycles. The minimum atomic E-state index is -4.42. The van der Waals surface area contributed by atoms with Crippen molar-refractivity contribution in [1.82, 2.24) is 24.9 Å². The van der Waals surface area contributed by atoms with E-state index in [4.69, 9.17) is 4.42 Å². The van der Waals surface area contributed by atoms with Gasteiger partial charge in [0.05, 0.1) is 5.56 Å². The summed E-state index contributed by atoms with van der Waals surface area (Å²) in [7, 11) is 1.67. The van der Waals surface area contributed by atoms with E-state index in [-0.39, 0.29) is 24.4 Å². The molecule has 0 radical (unpaired) electrons. The predicted octanol–water partition coefficient (Wildman–Crippen LogP) is 2.67. The smallest absolute Gasteiger partial charge is 0.416 e. The number of rotatable bonds is 5. The molecule has 164 valence electrons. The average Bonchev–Trinajstić information content (AvgIpc) is 3.41. The Labute approximate surface area is 174 Å². The molecule has 1 aromatic carbocycles. The van der Waals surface area contributed by atoms with Crippen LogP contribution in [0.4, 0.5) is 24.7 Å². The van der Waals surface area contributed by atoms with E-state index < -0.39 is 17.2 Å². The minimum absolute atomic E-state index is 0.106. The first kappa shape index (κ1) is 20.8. The number of nitrogens with one attached hydrogen (secondary N) is 1. The molecule has 12 heteroatoms. The minimum Gasteiger partial charge on any atom is -0.419 e. The number of carbonyl (C=O) groups is 1. The Bertz CT molecular complexity index is 1110. The van der Waals surface area contributed by atoms with Gasteiger partial charge < -0.3 is 19.7 Å². The molecule has 0 spiro atoms. The van der Waals surface area contributed by atoms with Crippen LogP contribution in [0.15, 0.2) is 34.9 Å². The summed E-state index contributed by atoms with van der Waals surface area (Å²) in [5.41, 5.74) is -0.984. The molecule has 2 aromatic heterocycles. The lowest BCUT2D eigenvalue weighted by Gasteiger charge is -2.18. The molecule has 1 atom stereocenters. The highest BCUT2D eigenvalue weighted by molar-refractivity contribution is 5.88. The second-order valence-electron chi connectivity index (χ2n) is 7.47. The molecule has 0 unspecified atom stereocenters. The molecule has 1 fully saturated rings. The number of hydrogen-bond donors (Lipinski definition) is 2. The predicted molar refractivity (Wildman–Crippen MR) is 102 cm³/mol. The topological polar surface area (TPSA) is 109 Å². The van der Waals surface area contributed by atoms with Gasteiger partial charge in [0.25, 0.3) is 5.89 Å². The van der Waals surface area contributed by atoms with Gasteiger partial charge in [-0.3, -0.25) is 9.48 Å². The number of nitrogens with zero attached hydrogens (tertiary/aromatic N) is 5. The van der Waals surface area contributed by atoms with Crippen LogP contribution in [0.2, 0.25) is 0 Å². The van der Waals surface area contributed by atoms with E-state index in [1.807, 2.05) is 0 Å². The fraction of sp³-hybridized carbons (Fsp3) is 0.368. The van der Waals surface area contributed by atoms with Crippen LogP contribution >= 0.6 is 0 Å². The SMILES string of the molecule is Cn1cc(-c2nnc([C@]3(C)CCN(CO)C3=O)o2)c(Nc2ccc(C(F)(F)F)cc2)n1. The number of likely N-dealkylation sites (tertiary alicyclic amines) is 1. The standard InChI is InChI=1S/C19H19F3N6O3/c1-18(7-8-28(10-29)17(18)30)16-25-24-15(31-16)13-9-27(2)26-14(13)23-12-5-3-11(4-6-12)19(20,21)22/h3-6,9,29H,7-8,10H2,1-2H3,(H,23,26)/t18-/m0/s1. The molecule has 1 amide bonds. The number of alkyl halides is 3. The summed E-state index contributed by atoms with van der Waals surface area (Å²) in [6.45, 7) is 1.66. The maximum Gasteiger partial charge on any atom is 0.416 e. The van der Waals surface area contributed by atoms with Gasteiger partial charge in [-0.1, -0.05) is 0 Å². The van der Waals surface area contributed by atoms with Crippen molar-refractivity contribution in [2.24, 2.45) is 7.05 Å². The summed E-state index contributed by atoms with van der Waals surface area (Å²) in [4.78, 5) is 13.8. The lowest BCUT2D eigenvalue weighted by atomic mass is 9.89. The van der Waals surface area contributed by atoms with Crippen molar-refractivity contribution < 1.29 is 27.5 Å². The Morgan fingerprint density at radius 2 is 1.97 bits per heavy atom. The highest BCUT2D eigenvalue weighted by Crippen LogP contribution is 2.37. The van der Waals surface area contributed by atoms with Crippen molar-refractivity contribution in [2.45, 2.75) is 24.9 Å². The average molecular weight is 436 g/mol. The van der Waals surface area contributed by atoms with Gasteiger partial charge in [0, 0.05) is 25.5 Å². The van der Waals surface area contributed by atoms with Crippen LogP contribution in [0.25, 0.3) is 11.5 Å². The van der Waals surface area contributed by atoms with Gasteiger partial charge in [-0.25, -0.2) is 0 Å². The Hall–Kier alpha value is -3.41. The Morgan fingerprint density at radius 3 is 2.58 bits per heavy atom. The van der Waals surface area contributed by atoms with Crippen LogP contribution in [0, 0.1) is 0 Å². The van der Waals surface area contributed by atoms with Gasteiger partial charge in [-0.05, 0) is 37.6 Å². The van der Waals surface area contributed by atoms with E-state index >= 15 is 0 Å².